The monoisotopic (exact) mass is 614 g/mol. The zero-order chi connectivity index (χ0) is 30.4. The third-order valence-corrected chi connectivity index (χ3v) is 10.7. The first-order chi connectivity index (χ1) is 21.3. The second-order valence-electron chi connectivity index (χ2n) is 11.9. The number of fused-ring (bicyclic) bond motifs is 2. The number of likely N-dealkylation sites (tertiary alicyclic amines) is 1. The molecule has 0 N–H and O–H groups in total. The Morgan fingerprint density at radius 3 is 2.34 bits per heavy atom. The van der Waals surface area contributed by atoms with Crippen LogP contribution in [0.4, 0.5) is 5.82 Å². The summed E-state index contributed by atoms with van der Waals surface area (Å²) in [6.45, 7) is 5.38. The number of hydrogen-bond donors (Lipinski definition) is 0. The molecule has 0 unspecified atom stereocenters. The molecule has 0 aliphatic carbocycles. The number of nitrogens with zero attached hydrogens (tertiary/aromatic N) is 8. The van der Waals surface area contributed by atoms with E-state index in [0.717, 1.165) is 60.7 Å². The van der Waals surface area contributed by atoms with Gasteiger partial charge in [-0.3, -0.25) is 4.90 Å². The van der Waals surface area contributed by atoms with E-state index in [9.17, 15) is 8.42 Å². The molecule has 5 aromatic rings. The first-order valence-electron chi connectivity index (χ1n) is 15.2. The molecular formula is C32H38N8O3S. The number of hydrogen-bond acceptors (Lipinski definition) is 9. The fourth-order valence-corrected chi connectivity index (χ4v) is 7.77. The van der Waals surface area contributed by atoms with E-state index in [2.05, 4.69) is 33.4 Å². The van der Waals surface area contributed by atoms with Gasteiger partial charge in [0.15, 0.2) is 22.8 Å². The van der Waals surface area contributed by atoms with Gasteiger partial charge in [-0.1, -0.05) is 36.4 Å². The van der Waals surface area contributed by atoms with Crippen molar-refractivity contribution in [3.8, 4) is 11.4 Å². The van der Waals surface area contributed by atoms with Gasteiger partial charge in [-0.25, -0.2) is 27.3 Å². The standard InChI is InChI=1S/C32H38N8O3S/c1-36(2)23-13-15-38(16-14-23)22-28-33-29-31(37(28)3)34-30(35-32(29)39-17-19-43-20-18-39)26-21-40(27-12-8-7-11-25(26)27)44(41,42)24-9-5-4-6-10-24/h4-12,21,23H,13-20,22H2,1-3H3. The zero-order valence-corrected chi connectivity index (χ0v) is 26.2. The molecule has 11 nitrogen and oxygen atoms in total. The van der Waals surface area contributed by atoms with Gasteiger partial charge in [0.2, 0.25) is 0 Å². The Balaban J connectivity index is 1.34. The van der Waals surface area contributed by atoms with E-state index in [4.69, 9.17) is 19.7 Å². The van der Waals surface area contributed by atoms with Gasteiger partial charge in [-0.05, 0) is 45.1 Å². The summed E-state index contributed by atoms with van der Waals surface area (Å²) in [5.74, 6) is 2.17. The van der Waals surface area contributed by atoms with Crippen molar-refractivity contribution >= 4 is 37.9 Å². The minimum Gasteiger partial charge on any atom is -0.378 e. The molecule has 0 bridgehead atoms. The Hall–Kier alpha value is -3.84. The van der Waals surface area contributed by atoms with E-state index in [1.807, 2.05) is 37.4 Å². The number of aromatic nitrogens is 5. The van der Waals surface area contributed by atoms with E-state index >= 15 is 0 Å². The Bertz CT molecular complexity index is 1900. The van der Waals surface area contributed by atoms with Crippen molar-refractivity contribution in [3.05, 3.63) is 66.6 Å². The Kier molecular flexibility index (Phi) is 7.61. The molecule has 3 aromatic heterocycles. The molecule has 2 aromatic carbocycles. The Labute approximate surface area is 257 Å². The molecule has 5 heterocycles. The summed E-state index contributed by atoms with van der Waals surface area (Å²) in [4.78, 5) is 22.5. The average molecular weight is 615 g/mol. The van der Waals surface area contributed by atoms with Crippen LogP contribution in [0.3, 0.4) is 0 Å². The number of ether oxygens (including phenoxy) is 1. The van der Waals surface area contributed by atoms with Gasteiger partial charge in [0.05, 0.1) is 30.2 Å². The zero-order valence-electron chi connectivity index (χ0n) is 25.4. The van der Waals surface area contributed by atoms with Crippen LogP contribution in [0.2, 0.25) is 0 Å². The van der Waals surface area contributed by atoms with Crippen molar-refractivity contribution < 1.29 is 13.2 Å². The topological polar surface area (TPSA) is 102 Å². The number of anilines is 1. The van der Waals surface area contributed by atoms with Crippen molar-refractivity contribution in [2.75, 3.05) is 58.4 Å². The van der Waals surface area contributed by atoms with Gasteiger partial charge in [-0.2, -0.15) is 0 Å². The lowest BCUT2D eigenvalue weighted by atomic mass is 10.0. The molecule has 12 heteroatoms. The molecule has 0 amide bonds. The molecule has 2 saturated heterocycles. The lowest BCUT2D eigenvalue weighted by Gasteiger charge is -2.34. The number of rotatable bonds is 7. The predicted octanol–water partition coefficient (Wildman–Crippen LogP) is 3.58. The van der Waals surface area contributed by atoms with Crippen LogP contribution in [-0.2, 0) is 28.4 Å². The summed E-state index contributed by atoms with van der Waals surface area (Å²) in [5, 5.41) is 0.769. The number of benzene rings is 2. The van der Waals surface area contributed by atoms with Gasteiger partial charge in [0.1, 0.15) is 5.82 Å². The number of para-hydroxylation sites is 1. The van der Waals surface area contributed by atoms with Gasteiger partial charge >= 0.3 is 0 Å². The van der Waals surface area contributed by atoms with Crippen LogP contribution in [-0.4, -0.2) is 101 Å². The molecule has 230 valence electrons. The van der Waals surface area contributed by atoms with Crippen LogP contribution in [0.25, 0.3) is 33.5 Å². The SMILES string of the molecule is CN(C)C1CCN(Cc2nc3c(N4CCOCC4)nc(-c4cn(S(=O)(=O)c5ccccc5)c5ccccc45)nc3n2C)CC1. The Morgan fingerprint density at radius 1 is 0.909 bits per heavy atom. The molecule has 0 spiro atoms. The fraction of sp³-hybridized carbons (Fsp3) is 0.406. The van der Waals surface area contributed by atoms with E-state index < -0.39 is 10.0 Å². The minimum atomic E-state index is -3.85. The number of piperidine rings is 1. The second kappa shape index (κ2) is 11.6. The van der Waals surface area contributed by atoms with E-state index in [1.54, 1.807) is 30.5 Å². The summed E-state index contributed by atoms with van der Waals surface area (Å²) < 4.78 is 36.7. The maximum Gasteiger partial charge on any atom is 0.268 e. The highest BCUT2D eigenvalue weighted by molar-refractivity contribution is 7.90. The van der Waals surface area contributed by atoms with Crippen LogP contribution >= 0.6 is 0 Å². The van der Waals surface area contributed by atoms with E-state index in [0.29, 0.717) is 49.2 Å². The van der Waals surface area contributed by atoms with Crippen molar-refractivity contribution in [2.24, 2.45) is 7.05 Å². The van der Waals surface area contributed by atoms with Crippen LogP contribution in [0, 0.1) is 0 Å². The summed E-state index contributed by atoms with van der Waals surface area (Å²) in [6.07, 6.45) is 3.93. The molecule has 2 aliphatic heterocycles. The lowest BCUT2D eigenvalue weighted by Crippen LogP contribution is -2.41. The average Bonchev–Trinajstić information content (AvgIpc) is 3.60. The van der Waals surface area contributed by atoms with E-state index in [1.165, 1.54) is 3.97 Å². The largest absolute Gasteiger partial charge is 0.378 e. The first kappa shape index (κ1) is 28.9. The molecular weight excluding hydrogens is 576 g/mol. The van der Waals surface area contributed by atoms with Crippen molar-refractivity contribution in [1.82, 2.24) is 33.3 Å². The van der Waals surface area contributed by atoms with E-state index in [-0.39, 0.29) is 4.90 Å². The first-order valence-corrected chi connectivity index (χ1v) is 16.6. The molecule has 2 fully saturated rings. The van der Waals surface area contributed by atoms with Crippen LogP contribution < -0.4 is 4.90 Å². The summed E-state index contributed by atoms with van der Waals surface area (Å²) in [6, 6.07) is 16.6. The summed E-state index contributed by atoms with van der Waals surface area (Å²) in [7, 11) is 2.48. The molecule has 0 atom stereocenters. The summed E-state index contributed by atoms with van der Waals surface area (Å²) in [5.41, 5.74) is 2.73. The fourth-order valence-electron chi connectivity index (χ4n) is 6.38. The van der Waals surface area contributed by atoms with Crippen molar-refractivity contribution in [1.29, 1.82) is 0 Å². The van der Waals surface area contributed by atoms with Crippen molar-refractivity contribution in [3.63, 3.8) is 0 Å². The van der Waals surface area contributed by atoms with Crippen molar-refractivity contribution in [2.45, 2.75) is 30.3 Å². The highest BCUT2D eigenvalue weighted by atomic mass is 32.2. The molecule has 44 heavy (non-hydrogen) atoms. The van der Waals surface area contributed by atoms with Gasteiger partial charge < -0.3 is 19.1 Å². The minimum absolute atomic E-state index is 0.226. The molecule has 0 saturated carbocycles. The predicted molar refractivity (Wildman–Crippen MR) is 171 cm³/mol. The maximum absolute atomic E-state index is 13.8. The maximum atomic E-state index is 13.8. The lowest BCUT2D eigenvalue weighted by molar-refractivity contribution is 0.122. The Morgan fingerprint density at radius 2 is 1.61 bits per heavy atom. The summed E-state index contributed by atoms with van der Waals surface area (Å²) >= 11 is 0. The van der Waals surface area contributed by atoms with Gasteiger partial charge in [0.25, 0.3) is 10.0 Å². The van der Waals surface area contributed by atoms with Crippen LogP contribution in [0.1, 0.15) is 18.7 Å². The highest BCUT2D eigenvalue weighted by Crippen LogP contribution is 2.35. The number of morpholine rings is 1. The number of aryl methyl sites for hydroxylation is 1. The van der Waals surface area contributed by atoms with Gasteiger partial charge in [0, 0.05) is 56.4 Å². The quantitative estimate of drug-likeness (QED) is 0.272. The van der Waals surface area contributed by atoms with Crippen LogP contribution in [0.5, 0.6) is 0 Å². The number of imidazole rings is 1. The molecule has 7 rings (SSSR count). The molecule has 0 radical (unpaired) electrons. The normalized spacial score (nSPS) is 17.3. The van der Waals surface area contributed by atoms with Gasteiger partial charge in [-0.15, -0.1) is 0 Å². The highest BCUT2D eigenvalue weighted by Gasteiger charge is 2.28. The smallest absolute Gasteiger partial charge is 0.268 e. The molecule has 2 aliphatic rings. The second-order valence-corrected chi connectivity index (χ2v) is 13.7. The van der Waals surface area contributed by atoms with Crippen LogP contribution in [0.15, 0.2) is 65.7 Å². The third-order valence-electron chi connectivity index (χ3n) is 8.97. The third kappa shape index (κ3) is 5.15.